The summed E-state index contributed by atoms with van der Waals surface area (Å²) >= 11 is 12.3. The van der Waals surface area contributed by atoms with E-state index in [1.54, 1.807) is 12.1 Å². The van der Waals surface area contributed by atoms with Gasteiger partial charge in [0, 0.05) is 10.0 Å². The van der Waals surface area contributed by atoms with E-state index in [4.69, 9.17) is 23.2 Å². The fourth-order valence-corrected chi connectivity index (χ4v) is 5.70. The minimum atomic E-state index is -4.07. The third kappa shape index (κ3) is 5.93. The van der Waals surface area contributed by atoms with Gasteiger partial charge in [-0.2, -0.15) is 0 Å². The van der Waals surface area contributed by atoms with E-state index in [-0.39, 0.29) is 26.7 Å². The maximum atomic E-state index is 13.6. The number of nitrogens with one attached hydrogen (secondary N) is 1. The first kappa shape index (κ1) is 26.1. The van der Waals surface area contributed by atoms with Crippen LogP contribution in [0, 0.1) is 27.7 Å². The maximum Gasteiger partial charge on any atom is 0.264 e. The van der Waals surface area contributed by atoms with Gasteiger partial charge in [0.1, 0.15) is 6.54 Å². The summed E-state index contributed by atoms with van der Waals surface area (Å²) < 4.78 is 28.1. The number of hydrogen-bond donors (Lipinski definition) is 1. The number of carbonyl (C=O) groups is 1. The molecule has 5 nitrogen and oxygen atoms in total. The van der Waals surface area contributed by atoms with Gasteiger partial charge in [-0.15, -0.1) is 0 Å². The number of benzene rings is 3. The minimum Gasteiger partial charge on any atom is -0.348 e. The second-order valence-electron chi connectivity index (χ2n) is 8.53. The summed E-state index contributed by atoms with van der Waals surface area (Å²) in [5, 5.41) is 3.47. The van der Waals surface area contributed by atoms with Crippen molar-refractivity contribution in [1.29, 1.82) is 0 Å². The van der Waals surface area contributed by atoms with Crippen molar-refractivity contribution in [3.05, 3.63) is 92.5 Å². The lowest BCUT2D eigenvalue weighted by atomic mass is 9.96. The fourth-order valence-electron chi connectivity index (χ4n) is 3.78. The second kappa shape index (κ2) is 10.4. The number of anilines is 1. The Morgan fingerprint density at radius 2 is 1.44 bits per heavy atom. The van der Waals surface area contributed by atoms with Crippen molar-refractivity contribution < 1.29 is 13.2 Å². The summed E-state index contributed by atoms with van der Waals surface area (Å²) in [5.74, 6) is -0.447. The van der Waals surface area contributed by atoms with Crippen molar-refractivity contribution in [2.24, 2.45) is 0 Å². The van der Waals surface area contributed by atoms with Gasteiger partial charge in [0.05, 0.1) is 16.6 Å². The van der Waals surface area contributed by atoms with E-state index < -0.39 is 22.5 Å². The van der Waals surface area contributed by atoms with Crippen molar-refractivity contribution in [1.82, 2.24) is 5.32 Å². The number of carbonyl (C=O) groups excluding carboxylic acids is 1. The van der Waals surface area contributed by atoms with Gasteiger partial charge in [-0.3, -0.25) is 9.10 Å². The van der Waals surface area contributed by atoms with Crippen LogP contribution < -0.4 is 9.62 Å². The van der Waals surface area contributed by atoms with E-state index >= 15 is 0 Å². The third-order valence-corrected chi connectivity index (χ3v) is 7.98. The van der Waals surface area contributed by atoms with Crippen LogP contribution in [0.1, 0.15) is 40.8 Å². The van der Waals surface area contributed by atoms with Crippen LogP contribution in [0.3, 0.4) is 0 Å². The Kier molecular flexibility index (Phi) is 7.96. The fraction of sp³-hybridized carbons (Fsp3) is 0.269. The molecule has 34 heavy (non-hydrogen) atoms. The van der Waals surface area contributed by atoms with Crippen molar-refractivity contribution in [2.75, 3.05) is 10.8 Å². The van der Waals surface area contributed by atoms with Crippen LogP contribution in [0.2, 0.25) is 10.0 Å². The number of amides is 1. The second-order valence-corrected chi connectivity index (χ2v) is 11.3. The van der Waals surface area contributed by atoms with Gasteiger partial charge in [-0.05, 0) is 87.2 Å². The molecule has 3 aromatic rings. The van der Waals surface area contributed by atoms with Gasteiger partial charge >= 0.3 is 0 Å². The first-order valence-electron chi connectivity index (χ1n) is 10.8. The van der Waals surface area contributed by atoms with E-state index in [0.717, 1.165) is 26.6 Å². The molecule has 1 atom stereocenters. The molecule has 0 heterocycles. The Morgan fingerprint density at radius 1 is 0.882 bits per heavy atom. The quantitative estimate of drug-likeness (QED) is 0.399. The normalized spacial score (nSPS) is 12.3. The van der Waals surface area contributed by atoms with Crippen LogP contribution >= 0.6 is 23.2 Å². The minimum absolute atomic E-state index is 0.0695. The van der Waals surface area contributed by atoms with Gasteiger partial charge in [0.25, 0.3) is 10.0 Å². The molecule has 1 amide bonds. The molecule has 1 N–H and O–H groups in total. The van der Waals surface area contributed by atoms with E-state index in [0.29, 0.717) is 0 Å². The average molecular weight is 519 g/mol. The van der Waals surface area contributed by atoms with Crippen molar-refractivity contribution in [3.63, 3.8) is 0 Å². The number of rotatable bonds is 7. The Labute approximate surface area is 211 Å². The monoisotopic (exact) mass is 518 g/mol. The highest BCUT2D eigenvalue weighted by atomic mass is 35.5. The maximum absolute atomic E-state index is 13.6. The molecular formula is C26H28Cl2N2O3S. The molecule has 0 aliphatic heterocycles. The highest BCUT2D eigenvalue weighted by molar-refractivity contribution is 7.92. The van der Waals surface area contributed by atoms with E-state index in [1.165, 1.54) is 35.9 Å². The lowest BCUT2D eigenvalue weighted by Crippen LogP contribution is -2.41. The molecule has 0 aromatic heterocycles. The van der Waals surface area contributed by atoms with Crippen LogP contribution in [0.25, 0.3) is 0 Å². The molecule has 0 spiro atoms. The lowest BCUT2D eigenvalue weighted by molar-refractivity contribution is -0.120. The Hall–Kier alpha value is -2.54. The first-order valence-corrected chi connectivity index (χ1v) is 13.0. The van der Waals surface area contributed by atoms with Crippen molar-refractivity contribution >= 4 is 44.8 Å². The smallest absolute Gasteiger partial charge is 0.264 e. The molecule has 3 aromatic carbocycles. The molecule has 3 rings (SSSR count). The largest absolute Gasteiger partial charge is 0.348 e. The van der Waals surface area contributed by atoms with Crippen molar-refractivity contribution in [2.45, 2.75) is 45.6 Å². The van der Waals surface area contributed by atoms with Gasteiger partial charge in [0.15, 0.2) is 0 Å². The third-order valence-electron chi connectivity index (χ3n) is 5.76. The van der Waals surface area contributed by atoms with Crippen LogP contribution in [-0.2, 0) is 14.8 Å². The zero-order valence-electron chi connectivity index (χ0n) is 19.8. The Balaban J connectivity index is 1.95. The van der Waals surface area contributed by atoms with Gasteiger partial charge < -0.3 is 5.32 Å². The van der Waals surface area contributed by atoms with Crippen LogP contribution in [0.4, 0.5) is 5.69 Å². The highest BCUT2D eigenvalue weighted by Gasteiger charge is 2.28. The predicted octanol–water partition coefficient (Wildman–Crippen LogP) is 6.30. The topological polar surface area (TPSA) is 66.5 Å². The molecule has 0 saturated carbocycles. The van der Waals surface area contributed by atoms with Crippen LogP contribution in [-0.4, -0.2) is 20.9 Å². The van der Waals surface area contributed by atoms with E-state index in [9.17, 15) is 13.2 Å². The van der Waals surface area contributed by atoms with Crippen LogP contribution in [0.15, 0.2) is 59.5 Å². The zero-order valence-corrected chi connectivity index (χ0v) is 22.1. The van der Waals surface area contributed by atoms with Crippen LogP contribution in [0.5, 0.6) is 0 Å². The van der Waals surface area contributed by atoms with Gasteiger partial charge in [0.2, 0.25) is 5.91 Å². The molecule has 0 fully saturated rings. The highest BCUT2D eigenvalue weighted by Crippen LogP contribution is 2.30. The molecule has 0 aliphatic carbocycles. The number of sulfonamides is 1. The molecule has 0 saturated heterocycles. The summed E-state index contributed by atoms with van der Waals surface area (Å²) in [6.45, 7) is 9.37. The molecule has 0 bridgehead atoms. The average Bonchev–Trinajstić information content (AvgIpc) is 2.74. The van der Waals surface area contributed by atoms with Gasteiger partial charge in [-0.1, -0.05) is 53.0 Å². The molecule has 1 unspecified atom stereocenters. The lowest BCUT2D eigenvalue weighted by Gasteiger charge is -2.26. The summed E-state index contributed by atoms with van der Waals surface area (Å²) in [4.78, 5) is 13.2. The summed E-state index contributed by atoms with van der Waals surface area (Å²) in [6, 6.07) is 14.7. The molecule has 0 radical (unpaired) electrons. The summed E-state index contributed by atoms with van der Waals surface area (Å²) in [6.07, 6.45) is 0. The summed E-state index contributed by atoms with van der Waals surface area (Å²) in [5.41, 5.74) is 5.47. The SMILES string of the molecule is Cc1ccc(S(=O)(=O)N(CC(=O)NC(C)c2cc(C)c(C)cc2C)c2cc(Cl)cc(Cl)c2)cc1. The Bertz CT molecular complexity index is 1300. The van der Waals surface area contributed by atoms with E-state index in [2.05, 4.69) is 11.4 Å². The first-order chi connectivity index (χ1) is 15.9. The molecular weight excluding hydrogens is 491 g/mol. The zero-order chi connectivity index (χ0) is 25.2. The molecule has 180 valence electrons. The number of aryl methyl sites for hydroxylation is 4. The number of halogens is 2. The Morgan fingerprint density at radius 3 is 2.03 bits per heavy atom. The van der Waals surface area contributed by atoms with Gasteiger partial charge in [-0.25, -0.2) is 8.42 Å². The number of hydrogen-bond acceptors (Lipinski definition) is 3. The van der Waals surface area contributed by atoms with Crippen molar-refractivity contribution in [3.8, 4) is 0 Å². The number of nitrogens with zero attached hydrogens (tertiary/aromatic N) is 1. The predicted molar refractivity (Wildman–Crippen MR) is 139 cm³/mol. The summed E-state index contributed by atoms with van der Waals surface area (Å²) in [7, 11) is -4.07. The standard InChI is InChI=1S/C26H28Cl2N2O3S/c1-16-6-8-24(9-7-16)34(32,33)30(23-13-21(27)12-22(28)14-23)15-26(31)29-20(5)25-11-18(3)17(2)10-19(25)4/h6-14,20H,15H2,1-5H3,(H,29,31). The molecule has 0 aliphatic rings. The molecule has 8 heteroatoms. The van der Waals surface area contributed by atoms with E-state index in [1.807, 2.05) is 40.7 Å².